The molecule has 0 atom stereocenters. The van der Waals surface area contributed by atoms with Gasteiger partial charge >= 0.3 is 0 Å². The molecule has 5 nitrogen and oxygen atoms in total. The third-order valence-electron chi connectivity index (χ3n) is 3.01. The van der Waals surface area contributed by atoms with Gasteiger partial charge in [-0.05, 0) is 33.3 Å². The van der Waals surface area contributed by atoms with Crippen LogP contribution in [-0.4, -0.2) is 27.1 Å². The zero-order valence-electron chi connectivity index (χ0n) is 14.0. The maximum absolute atomic E-state index is 11.3. The molecule has 0 bridgehead atoms. The van der Waals surface area contributed by atoms with Gasteiger partial charge in [0.25, 0.3) is 0 Å². The summed E-state index contributed by atoms with van der Waals surface area (Å²) in [7, 11) is 0. The van der Waals surface area contributed by atoms with Crippen molar-refractivity contribution in [3.05, 3.63) is 53.3 Å². The monoisotopic (exact) mass is 314 g/mol. The van der Waals surface area contributed by atoms with Gasteiger partial charge in [0.1, 0.15) is 11.6 Å². The Morgan fingerprint density at radius 2 is 1.57 bits per heavy atom. The lowest BCUT2D eigenvalue weighted by Crippen LogP contribution is -1.99. The number of aromatic nitrogens is 2. The molecule has 122 valence electrons. The molecule has 23 heavy (non-hydrogen) atoms. The minimum absolute atomic E-state index is 0.0625. The van der Waals surface area contributed by atoms with Crippen LogP contribution in [-0.2, 0) is 16.1 Å². The molecule has 2 aromatic rings. The van der Waals surface area contributed by atoms with Crippen LogP contribution in [0.3, 0.4) is 0 Å². The summed E-state index contributed by atoms with van der Waals surface area (Å²) in [5.41, 5.74) is 2.68. The number of carbonyl (C=O) groups excluding carboxylic acids is 3. The van der Waals surface area contributed by atoms with Crippen LogP contribution >= 0.6 is 0 Å². The van der Waals surface area contributed by atoms with E-state index >= 15 is 0 Å². The molecular weight excluding hydrogens is 292 g/mol. The summed E-state index contributed by atoms with van der Waals surface area (Å²) >= 11 is 0. The highest BCUT2D eigenvalue weighted by Crippen LogP contribution is 2.08. The lowest BCUT2D eigenvalue weighted by Gasteiger charge is -2.00. The van der Waals surface area contributed by atoms with E-state index in [9.17, 15) is 14.4 Å². The molecule has 1 aromatic heterocycles. The standard InChI is InChI=1S/C13H14N2O.C5H8O2/c1-10-13(11(2)16)9-15(14-10)8-12-6-4-3-5-7-12;1-4(6)3-5(2)7/h3-7,9H,8H2,1-2H3;3H2,1-2H3. The van der Waals surface area contributed by atoms with Crippen molar-refractivity contribution in [1.29, 1.82) is 0 Å². The molecule has 0 unspecified atom stereocenters. The van der Waals surface area contributed by atoms with Crippen LogP contribution in [0.1, 0.15) is 48.8 Å². The van der Waals surface area contributed by atoms with Crippen LogP contribution < -0.4 is 0 Å². The normalized spacial score (nSPS) is 9.74. The Morgan fingerprint density at radius 3 is 1.96 bits per heavy atom. The summed E-state index contributed by atoms with van der Waals surface area (Å²) in [6.07, 6.45) is 1.89. The van der Waals surface area contributed by atoms with Gasteiger partial charge in [0.15, 0.2) is 5.78 Å². The van der Waals surface area contributed by atoms with E-state index in [1.54, 1.807) is 11.6 Å². The topological polar surface area (TPSA) is 69.0 Å². The molecule has 2 rings (SSSR count). The van der Waals surface area contributed by atoms with Crippen molar-refractivity contribution >= 4 is 17.3 Å². The van der Waals surface area contributed by atoms with Crippen molar-refractivity contribution in [2.45, 2.75) is 40.7 Å². The summed E-state index contributed by atoms with van der Waals surface area (Å²) in [4.78, 5) is 31.3. The Kier molecular flexibility index (Phi) is 7.06. The predicted molar refractivity (Wildman–Crippen MR) is 88.5 cm³/mol. The largest absolute Gasteiger partial charge is 0.300 e. The molecule has 0 fully saturated rings. The molecule has 0 aliphatic carbocycles. The van der Waals surface area contributed by atoms with E-state index in [0.29, 0.717) is 12.1 Å². The van der Waals surface area contributed by atoms with E-state index < -0.39 is 0 Å². The minimum Gasteiger partial charge on any atom is -0.300 e. The van der Waals surface area contributed by atoms with E-state index in [1.165, 1.54) is 19.4 Å². The van der Waals surface area contributed by atoms with Crippen molar-refractivity contribution < 1.29 is 14.4 Å². The SMILES string of the molecule is CC(=O)CC(C)=O.CC(=O)c1cn(Cc2ccccc2)nc1C. The van der Waals surface area contributed by atoms with Crippen LogP contribution in [0.2, 0.25) is 0 Å². The first-order valence-electron chi connectivity index (χ1n) is 7.37. The lowest BCUT2D eigenvalue weighted by molar-refractivity contribution is -0.124. The smallest absolute Gasteiger partial charge is 0.163 e. The molecular formula is C18H22N2O3. The zero-order chi connectivity index (χ0) is 17.4. The number of aryl methyl sites for hydroxylation is 1. The van der Waals surface area contributed by atoms with Gasteiger partial charge in [-0.3, -0.25) is 19.1 Å². The third-order valence-corrected chi connectivity index (χ3v) is 3.01. The summed E-state index contributed by atoms with van der Waals surface area (Å²) in [5, 5.41) is 4.32. The highest BCUT2D eigenvalue weighted by molar-refractivity contribution is 5.96. The number of ketones is 3. The molecule has 0 N–H and O–H groups in total. The van der Waals surface area contributed by atoms with Gasteiger partial charge in [-0.15, -0.1) is 0 Å². The van der Waals surface area contributed by atoms with Gasteiger partial charge in [-0.1, -0.05) is 30.3 Å². The Labute approximate surface area is 136 Å². The van der Waals surface area contributed by atoms with Gasteiger partial charge in [0.05, 0.1) is 24.2 Å². The molecule has 0 aliphatic rings. The van der Waals surface area contributed by atoms with Crippen LogP contribution in [0.4, 0.5) is 0 Å². The zero-order valence-corrected chi connectivity index (χ0v) is 14.0. The first-order valence-corrected chi connectivity index (χ1v) is 7.37. The van der Waals surface area contributed by atoms with E-state index in [4.69, 9.17) is 0 Å². The molecule has 5 heteroatoms. The van der Waals surface area contributed by atoms with Gasteiger partial charge in [-0.25, -0.2) is 0 Å². The van der Waals surface area contributed by atoms with Crippen molar-refractivity contribution in [3.63, 3.8) is 0 Å². The van der Waals surface area contributed by atoms with Crippen molar-refractivity contribution in [3.8, 4) is 0 Å². The van der Waals surface area contributed by atoms with Gasteiger partial charge < -0.3 is 0 Å². The molecule has 0 amide bonds. The fourth-order valence-electron chi connectivity index (χ4n) is 2.07. The number of rotatable bonds is 5. The lowest BCUT2D eigenvalue weighted by atomic mass is 10.2. The number of hydrogen-bond acceptors (Lipinski definition) is 4. The number of Topliss-reactive ketones (excluding diaryl/α,β-unsaturated/α-hetero) is 3. The second-order valence-corrected chi connectivity index (χ2v) is 5.45. The second kappa shape index (κ2) is 8.78. The number of hydrogen-bond donors (Lipinski definition) is 0. The number of carbonyl (C=O) groups is 3. The summed E-state index contributed by atoms with van der Waals surface area (Å²) in [6.45, 7) is 6.94. The summed E-state index contributed by atoms with van der Waals surface area (Å²) < 4.78 is 1.81. The van der Waals surface area contributed by atoms with Crippen molar-refractivity contribution in [2.75, 3.05) is 0 Å². The van der Waals surface area contributed by atoms with Crippen LogP contribution in [0.5, 0.6) is 0 Å². The fourth-order valence-corrected chi connectivity index (χ4v) is 2.07. The molecule has 0 aliphatic heterocycles. The van der Waals surface area contributed by atoms with Crippen LogP contribution in [0, 0.1) is 6.92 Å². The molecule has 0 saturated heterocycles. The minimum atomic E-state index is -0.0625. The fraction of sp³-hybridized carbons (Fsp3) is 0.333. The third kappa shape index (κ3) is 6.82. The van der Waals surface area contributed by atoms with Crippen molar-refractivity contribution in [2.24, 2.45) is 0 Å². The first-order chi connectivity index (χ1) is 10.8. The van der Waals surface area contributed by atoms with Gasteiger partial charge in [-0.2, -0.15) is 5.10 Å². The summed E-state index contributed by atoms with van der Waals surface area (Å²) in [6, 6.07) is 10.1. The quantitative estimate of drug-likeness (QED) is 0.628. The number of benzene rings is 1. The van der Waals surface area contributed by atoms with Crippen molar-refractivity contribution in [1.82, 2.24) is 9.78 Å². The second-order valence-electron chi connectivity index (χ2n) is 5.45. The van der Waals surface area contributed by atoms with Crippen LogP contribution in [0.15, 0.2) is 36.5 Å². The average molecular weight is 314 g/mol. The maximum Gasteiger partial charge on any atom is 0.163 e. The molecule has 0 radical (unpaired) electrons. The van der Waals surface area contributed by atoms with E-state index in [0.717, 1.165) is 5.69 Å². The number of nitrogens with zero attached hydrogens (tertiary/aromatic N) is 2. The molecule has 1 heterocycles. The highest BCUT2D eigenvalue weighted by atomic mass is 16.1. The van der Waals surface area contributed by atoms with E-state index in [1.807, 2.05) is 43.5 Å². The van der Waals surface area contributed by atoms with Crippen LogP contribution in [0.25, 0.3) is 0 Å². The highest BCUT2D eigenvalue weighted by Gasteiger charge is 2.08. The van der Waals surface area contributed by atoms with E-state index in [-0.39, 0.29) is 23.8 Å². The maximum atomic E-state index is 11.3. The molecule has 1 aromatic carbocycles. The van der Waals surface area contributed by atoms with Gasteiger partial charge in [0.2, 0.25) is 0 Å². The summed E-state index contributed by atoms with van der Waals surface area (Å²) in [5.74, 6) is -0.0585. The Morgan fingerprint density at radius 1 is 1.00 bits per heavy atom. The molecule has 0 spiro atoms. The molecule has 0 saturated carbocycles. The Bertz CT molecular complexity index is 676. The average Bonchev–Trinajstić information content (AvgIpc) is 2.80. The predicted octanol–water partition coefficient (Wildman–Crippen LogP) is 3.00. The Hall–Kier alpha value is -2.56. The Balaban J connectivity index is 0.000000322. The van der Waals surface area contributed by atoms with E-state index in [2.05, 4.69) is 5.10 Å². The van der Waals surface area contributed by atoms with Gasteiger partial charge in [0, 0.05) is 6.20 Å². The first kappa shape index (κ1) is 18.5.